The molecule has 2 heterocycles. The van der Waals surface area contributed by atoms with Crippen LogP contribution in [0.25, 0.3) is 0 Å². The fourth-order valence-corrected chi connectivity index (χ4v) is 3.16. The molecule has 0 saturated carbocycles. The van der Waals surface area contributed by atoms with Crippen LogP contribution in [0.3, 0.4) is 0 Å². The number of rotatable bonds is 6. The maximum Gasteiger partial charge on any atom is 0.287 e. The van der Waals surface area contributed by atoms with Crippen molar-refractivity contribution in [3.63, 3.8) is 0 Å². The number of amides is 2. The van der Waals surface area contributed by atoms with Gasteiger partial charge in [0.25, 0.3) is 5.91 Å². The van der Waals surface area contributed by atoms with Crippen molar-refractivity contribution in [2.45, 2.75) is 45.8 Å². The second-order valence-corrected chi connectivity index (χ2v) is 6.90. The average molecular weight is 370 g/mol. The van der Waals surface area contributed by atoms with Gasteiger partial charge < -0.3 is 19.4 Å². The van der Waals surface area contributed by atoms with Crippen molar-refractivity contribution < 1.29 is 18.7 Å². The van der Waals surface area contributed by atoms with Gasteiger partial charge in [0, 0.05) is 13.1 Å². The number of likely N-dealkylation sites (tertiary alicyclic amines) is 1. The summed E-state index contributed by atoms with van der Waals surface area (Å²) in [5.74, 6) is 1.07. The highest BCUT2D eigenvalue weighted by Crippen LogP contribution is 2.19. The normalized spacial score (nSPS) is 15.3. The van der Waals surface area contributed by atoms with Crippen molar-refractivity contribution in [1.29, 1.82) is 0 Å². The molecule has 1 fully saturated rings. The van der Waals surface area contributed by atoms with E-state index >= 15 is 0 Å². The van der Waals surface area contributed by atoms with Crippen molar-refractivity contribution >= 4 is 11.8 Å². The third kappa shape index (κ3) is 4.90. The lowest BCUT2D eigenvalue weighted by molar-refractivity contribution is -0.133. The molecule has 1 unspecified atom stereocenters. The Balaban J connectivity index is 1.53. The summed E-state index contributed by atoms with van der Waals surface area (Å²) in [5.41, 5.74) is 1.03. The van der Waals surface area contributed by atoms with Crippen LogP contribution in [-0.4, -0.2) is 35.8 Å². The quantitative estimate of drug-likeness (QED) is 0.847. The lowest BCUT2D eigenvalue weighted by Crippen LogP contribution is -2.48. The van der Waals surface area contributed by atoms with Crippen LogP contribution < -0.4 is 10.1 Å². The van der Waals surface area contributed by atoms with Crippen LogP contribution in [0, 0.1) is 6.92 Å². The molecule has 0 radical (unpaired) electrons. The number of para-hydroxylation sites is 1. The van der Waals surface area contributed by atoms with Gasteiger partial charge in [0.1, 0.15) is 24.2 Å². The summed E-state index contributed by atoms with van der Waals surface area (Å²) in [7, 11) is 0. The van der Waals surface area contributed by atoms with Crippen molar-refractivity contribution in [2.24, 2.45) is 0 Å². The zero-order valence-corrected chi connectivity index (χ0v) is 15.9. The van der Waals surface area contributed by atoms with Crippen molar-refractivity contribution in [3.8, 4) is 5.75 Å². The molecule has 3 rings (SSSR count). The molecule has 6 heteroatoms. The van der Waals surface area contributed by atoms with Crippen LogP contribution in [0.4, 0.5) is 0 Å². The van der Waals surface area contributed by atoms with Crippen LogP contribution >= 0.6 is 0 Å². The minimum absolute atomic E-state index is 0.0438. The number of carbonyl (C=O) groups is 2. The van der Waals surface area contributed by atoms with Crippen LogP contribution in [0.5, 0.6) is 5.75 Å². The van der Waals surface area contributed by atoms with Gasteiger partial charge in [0.15, 0.2) is 5.76 Å². The predicted octanol–water partition coefficient (Wildman–Crippen LogP) is 3.30. The second-order valence-electron chi connectivity index (χ2n) is 6.90. The third-order valence-corrected chi connectivity index (χ3v) is 4.73. The van der Waals surface area contributed by atoms with E-state index in [2.05, 4.69) is 5.32 Å². The molecule has 1 aromatic carbocycles. The van der Waals surface area contributed by atoms with E-state index in [1.54, 1.807) is 19.1 Å². The van der Waals surface area contributed by atoms with Crippen LogP contribution in [0.1, 0.15) is 48.1 Å². The minimum Gasteiger partial charge on any atom is -0.485 e. The third-order valence-electron chi connectivity index (χ3n) is 4.73. The van der Waals surface area contributed by atoms with Gasteiger partial charge >= 0.3 is 0 Å². The first kappa shape index (κ1) is 19.0. The highest BCUT2D eigenvalue weighted by Gasteiger charge is 2.24. The first-order valence-corrected chi connectivity index (χ1v) is 9.41. The summed E-state index contributed by atoms with van der Waals surface area (Å²) in [6.07, 6.45) is 3.20. The highest BCUT2D eigenvalue weighted by molar-refractivity contribution is 5.95. The minimum atomic E-state index is -0.577. The first-order chi connectivity index (χ1) is 13.0. The molecule has 2 aromatic rings. The van der Waals surface area contributed by atoms with Gasteiger partial charge in [-0.1, -0.05) is 18.2 Å². The molecular formula is C21H26N2O4. The van der Waals surface area contributed by atoms with Crippen LogP contribution in [-0.2, 0) is 11.4 Å². The molecule has 0 spiro atoms. The Morgan fingerprint density at radius 1 is 1.15 bits per heavy atom. The number of nitrogens with one attached hydrogen (secondary N) is 1. The number of nitrogens with zero attached hydrogens (tertiary/aromatic N) is 1. The van der Waals surface area contributed by atoms with Crippen molar-refractivity contribution in [3.05, 3.63) is 53.5 Å². The zero-order chi connectivity index (χ0) is 19.2. The van der Waals surface area contributed by atoms with Gasteiger partial charge in [0.05, 0.1) is 0 Å². The van der Waals surface area contributed by atoms with Crippen molar-refractivity contribution in [1.82, 2.24) is 10.2 Å². The van der Waals surface area contributed by atoms with E-state index < -0.39 is 11.9 Å². The van der Waals surface area contributed by atoms with Gasteiger partial charge in [-0.05, 0) is 56.9 Å². The summed E-state index contributed by atoms with van der Waals surface area (Å²) < 4.78 is 11.3. The maximum atomic E-state index is 12.4. The van der Waals surface area contributed by atoms with E-state index in [-0.39, 0.29) is 18.3 Å². The number of aryl methyl sites for hydroxylation is 1. The summed E-state index contributed by atoms with van der Waals surface area (Å²) in [5, 5.41) is 2.72. The smallest absolute Gasteiger partial charge is 0.287 e. The largest absolute Gasteiger partial charge is 0.485 e. The molecule has 0 aliphatic carbocycles. The number of hydrogen-bond acceptors (Lipinski definition) is 4. The van der Waals surface area contributed by atoms with Crippen LogP contribution in [0.2, 0.25) is 0 Å². The Hall–Kier alpha value is -2.76. The number of hydrogen-bond donors (Lipinski definition) is 1. The van der Waals surface area contributed by atoms with E-state index in [0.717, 1.165) is 43.7 Å². The fourth-order valence-electron chi connectivity index (χ4n) is 3.16. The van der Waals surface area contributed by atoms with E-state index in [0.29, 0.717) is 5.76 Å². The summed E-state index contributed by atoms with van der Waals surface area (Å²) >= 11 is 0. The fraction of sp³-hybridized carbons (Fsp3) is 0.429. The molecule has 27 heavy (non-hydrogen) atoms. The molecule has 1 aromatic heterocycles. The summed E-state index contributed by atoms with van der Waals surface area (Å²) in [6.45, 7) is 5.44. The van der Waals surface area contributed by atoms with E-state index in [1.165, 1.54) is 0 Å². The molecule has 1 atom stereocenters. The Kier molecular flexibility index (Phi) is 6.16. The molecule has 2 amide bonds. The topological polar surface area (TPSA) is 71.8 Å². The predicted molar refractivity (Wildman–Crippen MR) is 102 cm³/mol. The molecule has 1 saturated heterocycles. The number of furan rings is 1. The maximum absolute atomic E-state index is 12.4. The zero-order valence-electron chi connectivity index (χ0n) is 15.9. The van der Waals surface area contributed by atoms with Crippen LogP contribution in [0.15, 0.2) is 40.8 Å². The monoisotopic (exact) mass is 370 g/mol. The standard InChI is InChI=1S/C21H26N2O4/c1-15-8-4-5-9-18(15)26-14-17-10-11-19(27-17)20(24)22-16(2)21(25)23-12-6-3-7-13-23/h4-5,8-11,16H,3,6-7,12-14H2,1-2H3,(H,22,24). The van der Waals surface area contributed by atoms with Gasteiger partial charge in [-0.2, -0.15) is 0 Å². The molecule has 1 aliphatic heterocycles. The van der Waals surface area contributed by atoms with Gasteiger partial charge in [-0.15, -0.1) is 0 Å². The molecule has 0 bridgehead atoms. The molecule has 144 valence electrons. The summed E-state index contributed by atoms with van der Waals surface area (Å²) in [6, 6.07) is 10.5. The van der Waals surface area contributed by atoms with E-state index in [4.69, 9.17) is 9.15 Å². The van der Waals surface area contributed by atoms with Gasteiger partial charge in [0.2, 0.25) is 5.91 Å². The second kappa shape index (κ2) is 8.75. The van der Waals surface area contributed by atoms with Gasteiger partial charge in [-0.3, -0.25) is 9.59 Å². The Morgan fingerprint density at radius 3 is 2.63 bits per heavy atom. The highest BCUT2D eigenvalue weighted by atomic mass is 16.5. The van der Waals surface area contributed by atoms with Crippen molar-refractivity contribution in [2.75, 3.05) is 13.1 Å². The SMILES string of the molecule is Cc1ccccc1OCc1ccc(C(=O)NC(C)C(=O)N2CCCCC2)o1. The molecule has 1 aliphatic rings. The molecule has 1 N–H and O–H groups in total. The molecule has 6 nitrogen and oxygen atoms in total. The van der Waals surface area contributed by atoms with E-state index in [9.17, 15) is 9.59 Å². The number of benzene rings is 1. The average Bonchev–Trinajstić information content (AvgIpc) is 3.16. The summed E-state index contributed by atoms with van der Waals surface area (Å²) in [4.78, 5) is 26.6. The van der Waals surface area contributed by atoms with E-state index in [1.807, 2.05) is 36.1 Å². The lowest BCUT2D eigenvalue weighted by Gasteiger charge is -2.29. The Bertz CT molecular complexity index is 793. The number of piperidine rings is 1. The Morgan fingerprint density at radius 2 is 1.89 bits per heavy atom. The first-order valence-electron chi connectivity index (χ1n) is 9.41. The number of carbonyl (C=O) groups excluding carboxylic acids is 2. The molecular weight excluding hydrogens is 344 g/mol. The Labute approximate surface area is 159 Å². The van der Waals surface area contributed by atoms with Gasteiger partial charge in [-0.25, -0.2) is 0 Å². The lowest BCUT2D eigenvalue weighted by atomic mass is 10.1. The number of ether oxygens (including phenoxy) is 1.